The number of alkyl halides is 1. The average molecular weight is 386 g/mol. The number of rotatable bonds is 4. The molecule has 1 aromatic carbocycles. The second-order valence-electron chi connectivity index (χ2n) is 6.01. The highest BCUT2D eigenvalue weighted by Crippen LogP contribution is 2.20. The molecular formula is C19H17ClFN5O. The molecule has 0 bridgehead atoms. The van der Waals surface area contributed by atoms with Crippen molar-refractivity contribution in [2.24, 2.45) is 0 Å². The first-order valence-electron chi connectivity index (χ1n) is 8.38. The molecule has 27 heavy (non-hydrogen) atoms. The number of amides is 1. The van der Waals surface area contributed by atoms with E-state index >= 15 is 0 Å². The van der Waals surface area contributed by atoms with Crippen LogP contribution in [0.25, 0.3) is 6.08 Å². The highest BCUT2D eigenvalue weighted by molar-refractivity contribution is 6.30. The molecule has 6 nitrogen and oxygen atoms in total. The summed E-state index contributed by atoms with van der Waals surface area (Å²) in [6.07, 6.45) is 6.01. The minimum absolute atomic E-state index is 0.190. The maximum Gasteiger partial charge on any atom is 0.247 e. The largest absolute Gasteiger partial charge is 0.350 e. The summed E-state index contributed by atoms with van der Waals surface area (Å²) in [5.41, 5.74) is 0.986. The first-order chi connectivity index (χ1) is 13.1. The van der Waals surface area contributed by atoms with Crippen molar-refractivity contribution in [3.8, 4) is 6.07 Å². The van der Waals surface area contributed by atoms with E-state index in [0.717, 1.165) is 5.56 Å². The number of hydrogen-bond donors (Lipinski definition) is 0. The molecule has 1 atom stereocenters. The van der Waals surface area contributed by atoms with Gasteiger partial charge >= 0.3 is 0 Å². The molecule has 0 spiro atoms. The number of nitrogens with zero attached hydrogens (tertiary/aromatic N) is 5. The van der Waals surface area contributed by atoms with Gasteiger partial charge in [0.25, 0.3) is 0 Å². The molecule has 2 aromatic rings. The van der Waals surface area contributed by atoms with E-state index < -0.39 is 12.7 Å². The van der Waals surface area contributed by atoms with E-state index in [1.807, 2.05) is 12.1 Å². The van der Waals surface area contributed by atoms with Gasteiger partial charge in [-0.05, 0) is 23.8 Å². The third kappa shape index (κ3) is 4.41. The fraction of sp³-hybridized carbons (Fsp3) is 0.263. The highest BCUT2D eigenvalue weighted by atomic mass is 35.5. The van der Waals surface area contributed by atoms with E-state index in [4.69, 9.17) is 11.6 Å². The predicted octanol–water partition coefficient (Wildman–Crippen LogP) is 2.70. The van der Waals surface area contributed by atoms with Crippen LogP contribution in [-0.2, 0) is 4.79 Å². The van der Waals surface area contributed by atoms with Gasteiger partial charge in [-0.15, -0.1) is 0 Å². The average Bonchev–Trinajstić information content (AvgIpc) is 2.71. The smallest absolute Gasteiger partial charge is 0.247 e. The van der Waals surface area contributed by atoms with Crippen LogP contribution in [0.4, 0.5) is 10.2 Å². The minimum atomic E-state index is -0.685. The lowest BCUT2D eigenvalue weighted by Crippen LogP contribution is -2.56. The molecule has 0 N–H and O–H groups in total. The van der Waals surface area contributed by atoms with Crippen LogP contribution in [0.15, 0.2) is 42.7 Å². The van der Waals surface area contributed by atoms with Crippen LogP contribution in [0.1, 0.15) is 11.3 Å². The minimum Gasteiger partial charge on any atom is -0.350 e. The van der Waals surface area contributed by atoms with Crippen molar-refractivity contribution in [1.29, 1.82) is 5.26 Å². The molecular weight excluding hydrogens is 369 g/mol. The summed E-state index contributed by atoms with van der Waals surface area (Å²) in [4.78, 5) is 24.0. The van der Waals surface area contributed by atoms with Crippen LogP contribution in [0.3, 0.4) is 0 Å². The number of anilines is 1. The van der Waals surface area contributed by atoms with Crippen molar-refractivity contribution in [3.63, 3.8) is 0 Å². The fourth-order valence-corrected chi connectivity index (χ4v) is 3.18. The SMILES string of the molecule is N#Cc1nccnc1N1CCN(C(=O)/C=C/c2cccc(Cl)c2)C(CF)C1. The van der Waals surface area contributed by atoms with E-state index in [0.29, 0.717) is 23.9 Å². The van der Waals surface area contributed by atoms with E-state index in [1.54, 1.807) is 29.2 Å². The molecule has 2 heterocycles. The predicted molar refractivity (Wildman–Crippen MR) is 101 cm³/mol. The number of carbonyl (C=O) groups is 1. The van der Waals surface area contributed by atoms with Gasteiger partial charge in [0.15, 0.2) is 11.5 Å². The monoisotopic (exact) mass is 385 g/mol. The van der Waals surface area contributed by atoms with Crippen molar-refractivity contribution in [1.82, 2.24) is 14.9 Å². The molecule has 1 fully saturated rings. The molecule has 1 unspecified atom stereocenters. The van der Waals surface area contributed by atoms with E-state index in [-0.39, 0.29) is 18.1 Å². The Kier molecular flexibility index (Phi) is 5.99. The first-order valence-corrected chi connectivity index (χ1v) is 8.76. The van der Waals surface area contributed by atoms with Crippen molar-refractivity contribution >= 4 is 29.4 Å². The molecule has 138 valence electrons. The van der Waals surface area contributed by atoms with E-state index in [1.165, 1.54) is 23.4 Å². The first kappa shape index (κ1) is 18.8. The van der Waals surface area contributed by atoms with Gasteiger partial charge in [0.05, 0.1) is 6.04 Å². The Morgan fingerprint density at radius 1 is 1.37 bits per heavy atom. The standard InChI is InChI=1S/C19H17ClFN5O/c20-15-3-1-2-14(10-15)4-5-18(27)26-9-8-25(13-16(26)11-21)19-17(12-22)23-6-7-24-19/h1-7,10,16H,8-9,11,13H2/b5-4+. The van der Waals surface area contributed by atoms with Crippen LogP contribution in [-0.4, -0.2) is 53.1 Å². The number of hydrogen-bond acceptors (Lipinski definition) is 5. The van der Waals surface area contributed by atoms with Crippen LogP contribution in [0, 0.1) is 11.3 Å². The molecule has 1 saturated heterocycles. The quantitative estimate of drug-likeness (QED) is 0.756. The second kappa shape index (κ2) is 8.60. The van der Waals surface area contributed by atoms with Gasteiger partial charge in [0, 0.05) is 43.1 Å². The van der Waals surface area contributed by atoms with Gasteiger partial charge in [-0.1, -0.05) is 23.7 Å². The molecule has 8 heteroatoms. The van der Waals surface area contributed by atoms with E-state index in [2.05, 4.69) is 9.97 Å². The molecule has 1 aromatic heterocycles. The molecule has 0 radical (unpaired) electrons. The lowest BCUT2D eigenvalue weighted by atomic mass is 10.1. The molecule has 0 aliphatic carbocycles. The van der Waals surface area contributed by atoms with Crippen molar-refractivity contribution in [2.75, 3.05) is 31.2 Å². The Labute approximate surface area is 161 Å². The number of piperazine rings is 1. The molecule has 3 rings (SSSR count). The van der Waals surface area contributed by atoms with Crippen LogP contribution in [0.5, 0.6) is 0 Å². The Morgan fingerprint density at radius 3 is 2.93 bits per heavy atom. The Morgan fingerprint density at radius 2 is 2.19 bits per heavy atom. The maximum absolute atomic E-state index is 13.6. The lowest BCUT2D eigenvalue weighted by Gasteiger charge is -2.40. The Hall–Kier alpha value is -2.98. The number of carbonyl (C=O) groups excluding carboxylic acids is 1. The Bertz CT molecular complexity index is 898. The molecule has 1 aliphatic heterocycles. The van der Waals surface area contributed by atoms with Gasteiger partial charge in [-0.2, -0.15) is 5.26 Å². The topological polar surface area (TPSA) is 73.1 Å². The summed E-state index contributed by atoms with van der Waals surface area (Å²) in [6, 6.07) is 8.49. The van der Waals surface area contributed by atoms with Crippen molar-refractivity contribution < 1.29 is 9.18 Å². The fourth-order valence-electron chi connectivity index (χ4n) is 2.98. The van der Waals surface area contributed by atoms with Crippen molar-refractivity contribution in [3.05, 3.63) is 59.0 Å². The lowest BCUT2D eigenvalue weighted by molar-refractivity contribution is -0.129. The van der Waals surface area contributed by atoms with Gasteiger partial charge in [-0.25, -0.2) is 14.4 Å². The van der Waals surface area contributed by atoms with Gasteiger partial charge < -0.3 is 9.80 Å². The van der Waals surface area contributed by atoms with Gasteiger partial charge in [-0.3, -0.25) is 4.79 Å². The normalized spacial score (nSPS) is 17.1. The van der Waals surface area contributed by atoms with Gasteiger partial charge in [0.2, 0.25) is 5.91 Å². The maximum atomic E-state index is 13.6. The summed E-state index contributed by atoms with van der Waals surface area (Å²) in [7, 11) is 0. The van der Waals surface area contributed by atoms with E-state index in [9.17, 15) is 14.4 Å². The van der Waals surface area contributed by atoms with Crippen LogP contribution in [0.2, 0.25) is 5.02 Å². The zero-order valence-electron chi connectivity index (χ0n) is 14.4. The molecule has 1 amide bonds. The summed E-state index contributed by atoms with van der Waals surface area (Å²) < 4.78 is 13.6. The number of aromatic nitrogens is 2. The third-order valence-corrected chi connectivity index (χ3v) is 4.53. The zero-order chi connectivity index (χ0) is 19.2. The molecule has 1 aliphatic rings. The summed E-state index contributed by atoms with van der Waals surface area (Å²) in [6.45, 7) is 0.339. The highest BCUT2D eigenvalue weighted by Gasteiger charge is 2.31. The number of nitriles is 1. The number of benzene rings is 1. The second-order valence-corrected chi connectivity index (χ2v) is 6.45. The van der Waals surface area contributed by atoms with Crippen LogP contribution < -0.4 is 4.90 Å². The zero-order valence-corrected chi connectivity index (χ0v) is 15.2. The molecule has 0 saturated carbocycles. The summed E-state index contributed by atoms with van der Waals surface area (Å²) in [5, 5.41) is 9.75. The third-order valence-electron chi connectivity index (χ3n) is 4.30. The van der Waals surface area contributed by atoms with Gasteiger partial charge in [0.1, 0.15) is 12.7 Å². The van der Waals surface area contributed by atoms with Crippen molar-refractivity contribution in [2.45, 2.75) is 6.04 Å². The summed E-state index contributed by atoms with van der Waals surface area (Å²) >= 11 is 5.94. The van der Waals surface area contributed by atoms with Crippen LogP contribution >= 0.6 is 11.6 Å². The Balaban J connectivity index is 1.71. The summed E-state index contributed by atoms with van der Waals surface area (Å²) in [5.74, 6) is 0.150. The number of halogens is 2.